The molecule has 0 unspecified atom stereocenters. The quantitative estimate of drug-likeness (QED) is 0.574. The van der Waals surface area contributed by atoms with E-state index in [-0.39, 0.29) is 11.6 Å². The van der Waals surface area contributed by atoms with Gasteiger partial charge < -0.3 is 9.80 Å². The van der Waals surface area contributed by atoms with Gasteiger partial charge in [0.2, 0.25) is 0 Å². The first-order valence-corrected chi connectivity index (χ1v) is 5.17. The summed E-state index contributed by atoms with van der Waals surface area (Å²) in [6, 6.07) is 0.116. The number of thioether (sulfide) groups is 1. The number of hydrogen-bond acceptors (Lipinski definition) is 2. The standard InChI is InChI=1S/C8H16N2OS/c1-8(2)5-12-6-9(3)7(11)10(8)4/h5-6H2,1-4H3. The van der Waals surface area contributed by atoms with Crippen LogP contribution in [0.4, 0.5) is 4.79 Å². The molecule has 70 valence electrons. The molecule has 0 saturated carbocycles. The lowest BCUT2D eigenvalue weighted by atomic mass is 10.1. The molecular formula is C8H16N2OS. The Bertz CT molecular complexity index is 193. The molecule has 0 aromatic carbocycles. The molecule has 1 fully saturated rings. The van der Waals surface area contributed by atoms with Crippen molar-refractivity contribution in [1.29, 1.82) is 0 Å². The number of carbonyl (C=O) groups is 1. The minimum atomic E-state index is -0.0213. The van der Waals surface area contributed by atoms with Gasteiger partial charge >= 0.3 is 6.03 Å². The number of carbonyl (C=O) groups excluding carboxylic acids is 1. The Morgan fingerprint density at radius 1 is 1.42 bits per heavy atom. The third kappa shape index (κ3) is 1.68. The minimum absolute atomic E-state index is 0.0213. The second-order valence-electron chi connectivity index (χ2n) is 3.83. The Labute approximate surface area is 78.1 Å². The molecule has 1 rings (SSSR count). The topological polar surface area (TPSA) is 23.6 Å². The molecule has 0 N–H and O–H groups in total. The molecule has 1 aliphatic rings. The lowest BCUT2D eigenvalue weighted by Gasteiger charge is -2.33. The van der Waals surface area contributed by atoms with Crippen molar-refractivity contribution in [3.05, 3.63) is 0 Å². The molecule has 3 nitrogen and oxygen atoms in total. The van der Waals surface area contributed by atoms with Crippen molar-refractivity contribution in [2.45, 2.75) is 19.4 Å². The predicted molar refractivity (Wildman–Crippen MR) is 52.3 cm³/mol. The zero-order valence-electron chi connectivity index (χ0n) is 8.13. The average molecular weight is 188 g/mol. The maximum absolute atomic E-state index is 11.6. The summed E-state index contributed by atoms with van der Waals surface area (Å²) in [7, 11) is 3.71. The molecule has 4 heteroatoms. The van der Waals surface area contributed by atoms with Crippen molar-refractivity contribution < 1.29 is 4.79 Å². The van der Waals surface area contributed by atoms with Crippen molar-refractivity contribution >= 4 is 17.8 Å². The van der Waals surface area contributed by atoms with Gasteiger partial charge in [-0.1, -0.05) is 0 Å². The molecule has 12 heavy (non-hydrogen) atoms. The van der Waals surface area contributed by atoms with E-state index in [0.717, 1.165) is 11.6 Å². The van der Waals surface area contributed by atoms with Crippen LogP contribution in [0, 0.1) is 0 Å². The van der Waals surface area contributed by atoms with Gasteiger partial charge in [-0.25, -0.2) is 4.79 Å². The highest BCUT2D eigenvalue weighted by Crippen LogP contribution is 2.24. The molecule has 2 amide bonds. The second-order valence-corrected chi connectivity index (χ2v) is 4.78. The first-order valence-electron chi connectivity index (χ1n) is 4.02. The molecule has 0 bridgehead atoms. The molecule has 0 aromatic heterocycles. The molecule has 0 radical (unpaired) electrons. The maximum Gasteiger partial charge on any atom is 0.320 e. The van der Waals surface area contributed by atoms with Gasteiger partial charge in [0.15, 0.2) is 0 Å². The van der Waals surface area contributed by atoms with Crippen LogP contribution in [0.15, 0.2) is 0 Å². The van der Waals surface area contributed by atoms with Crippen LogP contribution in [0.25, 0.3) is 0 Å². The van der Waals surface area contributed by atoms with Gasteiger partial charge in [0.1, 0.15) is 0 Å². The second kappa shape index (κ2) is 3.17. The van der Waals surface area contributed by atoms with E-state index in [0.29, 0.717) is 0 Å². The Kier molecular flexibility index (Phi) is 2.56. The van der Waals surface area contributed by atoms with Crippen LogP contribution in [-0.2, 0) is 0 Å². The van der Waals surface area contributed by atoms with Crippen molar-refractivity contribution in [2.24, 2.45) is 0 Å². The van der Waals surface area contributed by atoms with Crippen molar-refractivity contribution in [2.75, 3.05) is 25.7 Å². The molecule has 0 aromatic rings. The largest absolute Gasteiger partial charge is 0.322 e. The monoisotopic (exact) mass is 188 g/mol. The maximum atomic E-state index is 11.6. The highest BCUT2D eigenvalue weighted by Gasteiger charge is 2.32. The molecule has 0 aliphatic carbocycles. The first kappa shape index (κ1) is 9.71. The van der Waals surface area contributed by atoms with E-state index in [1.54, 1.807) is 16.7 Å². The number of rotatable bonds is 0. The number of hydrogen-bond donors (Lipinski definition) is 0. The fourth-order valence-corrected chi connectivity index (χ4v) is 2.27. The van der Waals surface area contributed by atoms with E-state index in [9.17, 15) is 4.79 Å². The van der Waals surface area contributed by atoms with E-state index in [4.69, 9.17) is 0 Å². The van der Waals surface area contributed by atoms with Gasteiger partial charge in [0, 0.05) is 25.4 Å². The molecular weight excluding hydrogens is 172 g/mol. The lowest BCUT2D eigenvalue weighted by Crippen LogP contribution is -2.48. The fraction of sp³-hybridized carbons (Fsp3) is 0.875. The minimum Gasteiger partial charge on any atom is -0.322 e. The zero-order valence-corrected chi connectivity index (χ0v) is 8.94. The summed E-state index contributed by atoms with van der Waals surface area (Å²) in [6.07, 6.45) is 0. The summed E-state index contributed by atoms with van der Waals surface area (Å²) in [5, 5.41) is 0. The number of amides is 2. The van der Waals surface area contributed by atoms with Crippen LogP contribution in [0.1, 0.15) is 13.8 Å². The van der Waals surface area contributed by atoms with Crippen molar-refractivity contribution in [3.63, 3.8) is 0 Å². The Balaban J connectivity index is 2.81. The molecule has 1 heterocycles. The molecule has 0 spiro atoms. The predicted octanol–water partition coefficient (Wildman–Crippen LogP) is 1.45. The van der Waals surface area contributed by atoms with E-state index in [1.165, 1.54) is 0 Å². The van der Waals surface area contributed by atoms with Crippen LogP contribution < -0.4 is 0 Å². The summed E-state index contributed by atoms with van der Waals surface area (Å²) < 4.78 is 0. The highest BCUT2D eigenvalue weighted by atomic mass is 32.2. The SMILES string of the molecule is CN1CSCC(C)(C)N(C)C1=O. The summed E-state index contributed by atoms with van der Waals surface area (Å²) in [4.78, 5) is 15.2. The normalized spacial score (nSPS) is 24.2. The van der Waals surface area contributed by atoms with Crippen LogP contribution in [-0.4, -0.2) is 47.1 Å². The Hall–Kier alpha value is -0.380. The highest BCUT2D eigenvalue weighted by molar-refractivity contribution is 7.99. The van der Waals surface area contributed by atoms with Gasteiger partial charge in [-0.2, -0.15) is 0 Å². The van der Waals surface area contributed by atoms with Gasteiger partial charge in [0.05, 0.1) is 5.88 Å². The summed E-state index contributed by atoms with van der Waals surface area (Å²) >= 11 is 1.80. The summed E-state index contributed by atoms with van der Waals surface area (Å²) in [5.74, 6) is 1.80. The van der Waals surface area contributed by atoms with E-state index in [2.05, 4.69) is 13.8 Å². The van der Waals surface area contributed by atoms with Gasteiger partial charge in [-0.3, -0.25) is 0 Å². The van der Waals surface area contributed by atoms with Crippen molar-refractivity contribution in [3.8, 4) is 0 Å². The van der Waals surface area contributed by atoms with Crippen LogP contribution in [0.3, 0.4) is 0 Å². The van der Waals surface area contributed by atoms with Crippen LogP contribution in [0.5, 0.6) is 0 Å². The van der Waals surface area contributed by atoms with Crippen LogP contribution in [0.2, 0.25) is 0 Å². The number of urea groups is 1. The van der Waals surface area contributed by atoms with Crippen LogP contribution >= 0.6 is 11.8 Å². The Morgan fingerprint density at radius 2 is 2.00 bits per heavy atom. The molecule has 1 aliphatic heterocycles. The third-order valence-corrected chi connectivity index (χ3v) is 3.74. The smallest absolute Gasteiger partial charge is 0.320 e. The van der Waals surface area contributed by atoms with Gasteiger partial charge in [0.25, 0.3) is 0 Å². The lowest BCUT2D eigenvalue weighted by molar-refractivity contribution is 0.145. The first-order chi connectivity index (χ1) is 5.45. The zero-order chi connectivity index (χ0) is 9.35. The average Bonchev–Trinajstić information content (AvgIpc) is 2.06. The third-order valence-electron chi connectivity index (χ3n) is 2.26. The van der Waals surface area contributed by atoms with E-state index < -0.39 is 0 Å². The molecule has 0 atom stereocenters. The van der Waals surface area contributed by atoms with Gasteiger partial charge in [-0.05, 0) is 13.8 Å². The van der Waals surface area contributed by atoms with Crippen molar-refractivity contribution in [1.82, 2.24) is 9.80 Å². The fourth-order valence-electron chi connectivity index (χ4n) is 1.10. The summed E-state index contributed by atoms with van der Waals surface area (Å²) in [6.45, 7) is 4.19. The van der Waals surface area contributed by atoms with E-state index in [1.807, 2.05) is 19.0 Å². The number of nitrogens with zero attached hydrogens (tertiary/aromatic N) is 2. The van der Waals surface area contributed by atoms with E-state index >= 15 is 0 Å². The Morgan fingerprint density at radius 3 is 2.58 bits per heavy atom. The molecule has 1 saturated heterocycles. The van der Waals surface area contributed by atoms with Gasteiger partial charge in [-0.15, -0.1) is 11.8 Å². The summed E-state index contributed by atoms with van der Waals surface area (Å²) in [5.41, 5.74) is -0.0213.